The molecular weight excluding hydrogens is 234 g/mol. The van der Waals surface area contributed by atoms with Crippen LogP contribution in [0.2, 0.25) is 0 Å². The average molecular weight is 247 g/mol. The van der Waals surface area contributed by atoms with Crippen molar-refractivity contribution in [2.24, 2.45) is 0 Å². The molecule has 0 aromatic rings. The van der Waals surface area contributed by atoms with E-state index in [1.54, 1.807) is 0 Å². The number of nitrogens with zero attached hydrogens (tertiary/aromatic N) is 5. The summed E-state index contributed by atoms with van der Waals surface area (Å²) in [5.41, 5.74) is 0. The summed E-state index contributed by atoms with van der Waals surface area (Å²) in [6.07, 6.45) is 0.299. The zero-order valence-electron chi connectivity index (χ0n) is 9.31. The maximum Gasteiger partial charge on any atom is 0.222 e. The van der Waals surface area contributed by atoms with Crippen molar-refractivity contribution in [1.29, 1.82) is 0 Å². The zero-order valence-corrected chi connectivity index (χ0v) is 9.31. The SMILES string of the molecule is CC(=O)N1CN([N+](=O)[O-])CCCN([N+](=O)[O-])C1. The molecule has 10 nitrogen and oxygen atoms in total. The largest absolute Gasteiger partial charge is 0.296 e. The summed E-state index contributed by atoms with van der Waals surface area (Å²) in [6, 6.07) is 0. The summed E-state index contributed by atoms with van der Waals surface area (Å²) in [4.78, 5) is 33.6. The molecule has 0 atom stereocenters. The number of rotatable bonds is 2. The summed E-state index contributed by atoms with van der Waals surface area (Å²) in [5.74, 6) is -0.439. The van der Waals surface area contributed by atoms with Crippen LogP contribution in [-0.2, 0) is 4.79 Å². The molecule has 0 aliphatic carbocycles. The number of hydrazine groups is 2. The Balaban J connectivity index is 2.77. The second-order valence-corrected chi connectivity index (χ2v) is 3.63. The lowest BCUT2D eigenvalue weighted by atomic mass is 10.4. The van der Waals surface area contributed by atoms with Gasteiger partial charge in [0.1, 0.15) is 0 Å². The average Bonchev–Trinajstić information content (AvgIpc) is 2.15. The van der Waals surface area contributed by atoms with Gasteiger partial charge in [0.05, 0.1) is 13.1 Å². The quantitative estimate of drug-likeness (QED) is 0.460. The van der Waals surface area contributed by atoms with E-state index in [-0.39, 0.29) is 26.4 Å². The lowest BCUT2D eigenvalue weighted by molar-refractivity contribution is -0.676. The number of hydrogen-bond donors (Lipinski definition) is 0. The van der Waals surface area contributed by atoms with Crippen molar-refractivity contribution < 1.29 is 14.9 Å². The lowest BCUT2D eigenvalue weighted by Crippen LogP contribution is -2.52. The Kier molecular flexibility index (Phi) is 4.01. The Morgan fingerprint density at radius 2 is 1.47 bits per heavy atom. The highest BCUT2D eigenvalue weighted by molar-refractivity contribution is 5.73. The van der Waals surface area contributed by atoms with Crippen LogP contribution in [0.25, 0.3) is 0 Å². The molecule has 0 N–H and O–H groups in total. The van der Waals surface area contributed by atoms with Crippen molar-refractivity contribution in [2.75, 3.05) is 26.4 Å². The number of carbonyl (C=O) groups excluding carboxylic acids is 1. The van der Waals surface area contributed by atoms with Gasteiger partial charge in [0, 0.05) is 6.92 Å². The van der Waals surface area contributed by atoms with E-state index in [9.17, 15) is 25.0 Å². The van der Waals surface area contributed by atoms with Gasteiger partial charge in [-0.3, -0.25) is 9.69 Å². The first-order chi connectivity index (χ1) is 7.91. The Labute approximate surface area is 96.6 Å². The van der Waals surface area contributed by atoms with Gasteiger partial charge >= 0.3 is 0 Å². The van der Waals surface area contributed by atoms with Crippen LogP contribution >= 0.6 is 0 Å². The fourth-order valence-corrected chi connectivity index (χ4v) is 1.48. The van der Waals surface area contributed by atoms with Gasteiger partial charge in [-0.05, 0) is 6.42 Å². The van der Waals surface area contributed by atoms with Crippen LogP contribution in [0, 0.1) is 20.2 Å². The molecule has 1 heterocycles. The van der Waals surface area contributed by atoms with Crippen LogP contribution in [0.5, 0.6) is 0 Å². The third-order valence-corrected chi connectivity index (χ3v) is 2.41. The molecule has 0 spiro atoms. The molecule has 10 heteroatoms. The second kappa shape index (κ2) is 5.27. The van der Waals surface area contributed by atoms with Gasteiger partial charge in [-0.2, -0.15) is 0 Å². The smallest absolute Gasteiger partial charge is 0.222 e. The Bertz CT molecular complexity index is 311. The summed E-state index contributed by atoms with van der Waals surface area (Å²) in [7, 11) is 0. The molecule has 1 aliphatic rings. The van der Waals surface area contributed by atoms with E-state index in [4.69, 9.17) is 0 Å². The molecule has 17 heavy (non-hydrogen) atoms. The molecule has 0 bridgehead atoms. The summed E-state index contributed by atoms with van der Waals surface area (Å²) in [6.45, 7) is 0.874. The maximum absolute atomic E-state index is 11.2. The van der Waals surface area contributed by atoms with E-state index in [2.05, 4.69) is 0 Å². The second-order valence-electron chi connectivity index (χ2n) is 3.63. The third-order valence-electron chi connectivity index (χ3n) is 2.41. The van der Waals surface area contributed by atoms with Crippen molar-refractivity contribution >= 4 is 5.91 Å². The maximum atomic E-state index is 11.2. The highest BCUT2D eigenvalue weighted by Gasteiger charge is 2.28. The van der Waals surface area contributed by atoms with Gasteiger partial charge in [0.25, 0.3) is 0 Å². The number of carbonyl (C=O) groups is 1. The molecule has 0 radical (unpaired) electrons. The number of nitro groups is 2. The minimum Gasteiger partial charge on any atom is -0.296 e. The Hall–Kier alpha value is -2.13. The van der Waals surface area contributed by atoms with Crippen molar-refractivity contribution in [3.8, 4) is 0 Å². The number of hydrogen-bond acceptors (Lipinski definition) is 5. The van der Waals surface area contributed by atoms with Gasteiger partial charge in [-0.25, -0.2) is 20.2 Å². The normalized spacial score (nSPS) is 17.4. The summed E-state index contributed by atoms with van der Waals surface area (Å²) in [5, 5.41) is 21.8. The molecule has 1 saturated heterocycles. The molecule has 1 amide bonds. The molecule has 1 fully saturated rings. The fraction of sp³-hybridized carbons (Fsp3) is 0.857. The van der Waals surface area contributed by atoms with Crippen LogP contribution in [0.4, 0.5) is 0 Å². The molecular formula is C7H13N5O5. The van der Waals surface area contributed by atoms with Gasteiger partial charge in [0.15, 0.2) is 23.4 Å². The first-order valence-corrected chi connectivity index (χ1v) is 4.96. The molecule has 1 aliphatic heterocycles. The first-order valence-electron chi connectivity index (χ1n) is 4.96. The van der Waals surface area contributed by atoms with E-state index in [1.807, 2.05) is 0 Å². The molecule has 0 aromatic heterocycles. The fourth-order valence-electron chi connectivity index (χ4n) is 1.48. The Morgan fingerprint density at radius 3 is 1.76 bits per heavy atom. The predicted molar refractivity (Wildman–Crippen MR) is 54.3 cm³/mol. The van der Waals surface area contributed by atoms with Crippen molar-refractivity contribution in [2.45, 2.75) is 13.3 Å². The topological polar surface area (TPSA) is 113 Å². The lowest BCUT2D eigenvalue weighted by Gasteiger charge is -2.29. The summed E-state index contributed by atoms with van der Waals surface area (Å²) >= 11 is 0. The van der Waals surface area contributed by atoms with Gasteiger partial charge in [-0.15, -0.1) is 10.0 Å². The first kappa shape index (κ1) is 12.9. The van der Waals surface area contributed by atoms with Crippen molar-refractivity contribution in [3.05, 3.63) is 20.2 Å². The van der Waals surface area contributed by atoms with Crippen LogP contribution in [0.3, 0.4) is 0 Å². The van der Waals surface area contributed by atoms with E-state index < -0.39 is 16.0 Å². The van der Waals surface area contributed by atoms with Gasteiger partial charge in [0.2, 0.25) is 5.91 Å². The highest BCUT2D eigenvalue weighted by Crippen LogP contribution is 2.06. The van der Waals surface area contributed by atoms with E-state index >= 15 is 0 Å². The minimum absolute atomic E-state index is 0.0706. The molecule has 0 saturated carbocycles. The third kappa shape index (κ3) is 3.43. The predicted octanol–water partition coefficient (Wildman–Crippen LogP) is -0.859. The van der Waals surface area contributed by atoms with Gasteiger partial charge < -0.3 is 0 Å². The van der Waals surface area contributed by atoms with E-state index in [1.165, 1.54) is 6.92 Å². The van der Waals surface area contributed by atoms with Crippen molar-refractivity contribution in [3.63, 3.8) is 0 Å². The van der Waals surface area contributed by atoms with E-state index in [0.717, 1.165) is 14.9 Å². The van der Waals surface area contributed by atoms with Crippen LogP contribution in [0.1, 0.15) is 13.3 Å². The standard InChI is InChI=1S/C7H13N5O5/c1-7(13)8-5-9(11(14)15)3-2-4-10(6-8)12(16)17/h2-6H2,1H3. The molecule has 96 valence electrons. The molecule has 0 unspecified atom stereocenters. The molecule has 0 aromatic carbocycles. The monoisotopic (exact) mass is 247 g/mol. The minimum atomic E-state index is -0.599. The molecule has 1 rings (SSSR count). The zero-order chi connectivity index (χ0) is 13.0. The van der Waals surface area contributed by atoms with Crippen LogP contribution in [-0.4, -0.2) is 57.3 Å². The van der Waals surface area contributed by atoms with Crippen LogP contribution in [0.15, 0.2) is 0 Å². The van der Waals surface area contributed by atoms with E-state index in [0.29, 0.717) is 6.42 Å². The van der Waals surface area contributed by atoms with Gasteiger partial charge in [-0.1, -0.05) is 0 Å². The number of amides is 1. The summed E-state index contributed by atoms with van der Waals surface area (Å²) < 4.78 is 0. The highest BCUT2D eigenvalue weighted by atomic mass is 16.7. The van der Waals surface area contributed by atoms with Crippen LogP contribution < -0.4 is 0 Å². The van der Waals surface area contributed by atoms with Crippen molar-refractivity contribution in [1.82, 2.24) is 14.9 Å². The Morgan fingerprint density at radius 1 is 1.06 bits per heavy atom.